The number of carboxylic acids is 1. The van der Waals surface area contributed by atoms with Gasteiger partial charge in [0.25, 0.3) is 0 Å². The van der Waals surface area contributed by atoms with E-state index in [-0.39, 0.29) is 0 Å². The third kappa shape index (κ3) is 1.76. The first-order valence-electron chi connectivity index (χ1n) is 5.02. The Bertz CT molecular complexity index is 480. The van der Waals surface area contributed by atoms with Gasteiger partial charge in [-0.2, -0.15) is 0 Å². The van der Waals surface area contributed by atoms with Gasteiger partial charge in [-0.05, 0) is 37.4 Å². The van der Waals surface area contributed by atoms with Crippen LogP contribution in [0.15, 0.2) is 29.6 Å². The minimum Gasteiger partial charge on any atom is -0.479 e. The van der Waals surface area contributed by atoms with Gasteiger partial charge in [0.15, 0.2) is 6.04 Å². The zero-order valence-electron chi connectivity index (χ0n) is 9.18. The zero-order chi connectivity index (χ0) is 11.7. The average molecular weight is 235 g/mol. The van der Waals surface area contributed by atoms with Crippen molar-refractivity contribution in [2.24, 2.45) is 0 Å². The van der Waals surface area contributed by atoms with Crippen molar-refractivity contribution in [1.82, 2.24) is 4.57 Å². The van der Waals surface area contributed by atoms with Gasteiger partial charge in [-0.15, -0.1) is 11.3 Å². The van der Waals surface area contributed by atoms with Crippen LogP contribution in [0.3, 0.4) is 0 Å². The van der Waals surface area contributed by atoms with Gasteiger partial charge < -0.3 is 9.67 Å². The highest BCUT2D eigenvalue weighted by Gasteiger charge is 2.24. The molecule has 0 aliphatic carbocycles. The molecule has 1 N–H and O–H groups in total. The Morgan fingerprint density at radius 2 is 1.94 bits per heavy atom. The molecular formula is C12H13NO2S. The van der Waals surface area contributed by atoms with E-state index in [1.165, 1.54) is 11.3 Å². The van der Waals surface area contributed by atoms with Crippen molar-refractivity contribution in [3.05, 3.63) is 45.9 Å². The Morgan fingerprint density at radius 1 is 1.31 bits per heavy atom. The molecule has 2 aromatic rings. The second-order valence-corrected chi connectivity index (χ2v) is 4.72. The lowest BCUT2D eigenvalue weighted by atomic mass is 10.2. The fourth-order valence-electron chi connectivity index (χ4n) is 1.89. The van der Waals surface area contributed by atoms with E-state index in [1.54, 1.807) is 0 Å². The Balaban J connectivity index is 2.53. The largest absolute Gasteiger partial charge is 0.479 e. The highest BCUT2D eigenvalue weighted by atomic mass is 32.1. The van der Waals surface area contributed by atoms with E-state index < -0.39 is 12.0 Å². The van der Waals surface area contributed by atoms with Gasteiger partial charge in [-0.3, -0.25) is 0 Å². The molecule has 0 radical (unpaired) electrons. The molecule has 16 heavy (non-hydrogen) atoms. The molecule has 2 aromatic heterocycles. The maximum absolute atomic E-state index is 11.4. The van der Waals surface area contributed by atoms with Gasteiger partial charge in [0.05, 0.1) is 0 Å². The van der Waals surface area contributed by atoms with Crippen LogP contribution in [0.25, 0.3) is 0 Å². The van der Waals surface area contributed by atoms with Crippen molar-refractivity contribution < 1.29 is 9.90 Å². The Labute approximate surface area is 98.0 Å². The van der Waals surface area contributed by atoms with Gasteiger partial charge in [0, 0.05) is 16.3 Å². The summed E-state index contributed by atoms with van der Waals surface area (Å²) in [5, 5.41) is 11.3. The minimum absolute atomic E-state index is 0.602. The van der Waals surface area contributed by atoms with Gasteiger partial charge in [0.1, 0.15) is 0 Å². The van der Waals surface area contributed by atoms with Crippen molar-refractivity contribution in [2.75, 3.05) is 0 Å². The predicted octanol–water partition coefficient (Wildman–Crippen LogP) is 2.84. The molecule has 4 heteroatoms. The fraction of sp³-hybridized carbons (Fsp3) is 0.250. The molecule has 1 unspecified atom stereocenters. The predicted molar refractivity (Wildman–Crippen MR) is 64.0 cm³/mol. The summed E-state index contributed by atoms with van der Waals surface area (Å²) in [4.78, 5) is 12.2. The van der Waals surface area contributed by atoms with Crippen LogP contribution in [0.1, 0.15) is 22.3 Å². The van der Waals surface area contributed by atoms with Crippen LogP contribution in [0, 0.1) is 13.8 Å². The van der Waals surface area contributed by atoms with E-state index in [2.05, 4.69) is 0 Å². The van der Waals surface area contributed by atoms with E-state index in [1.807, 2.05) is 48.1 Å². The minimum atomic E-state index is -0.815. The molecule has 2 rings (SSSR count). The van der Waals surface area contributed by atoms with Crippen molar-refractivity contribution in [2.45, 2.75) is 19.9 Å². The van der Waals surface area contributed by atoms with E-state index in [0.29, 0.717) is 0 Å². The maximum atomic E-state index is 11.4. The van der Waals surface area contributed by atoms with Crippen LogP contribution in [-0.4, -0.2) is 15.6 Å². The topological polar surface area (TPSA) is 42.2 Å². The number of hydrogen-bond donors (Lipinski definition) is 1. The third-order valence-corrected chi connectivity index (χ3v) is 3.56. The van der Waals surface area contributed by atoms with Gasteiger partial charge >= 0.3 is 5.97 Å². The van der Waals surface area contributed by atoms with Crippen LogP contribution < -0.4 is 0 Å². The number of thiophene rings is 1. The Kier molecular flexibility index (Phi) is 2.83. The lowest BCUT2D eigenvalue weighted by Crippen LogP contribution is -2.21. The molecule has 0 aliphatic rings. The van der Waals surface area contributed by atoms with E-state index in [4.69, 9.17) is 0 Å². The first-order valence-corrected chi connectivity index (χ1v) is 5.90. The lowest BCUT2D eigenvalue weighted by Gasteiger charge is -2.17. The molecule has 0 fully saturated rings. The van der Waals surface area contributed by atoms with E-state index in [0.717, 1.165) is 16.3 Å². The van der Waals surface area contributed by atoms with Gasteiger partial charge in [-0.25, -0.2) is 4.79 Å². The van der Waals surface area contributed by atoms with E-state index in [9.17, 15) is 9.90 Å². The highest BCUT2D eigenvalue weighted by Crippen LogP contribution is 2.26. The van der Waals surface area contributed by atoms with Crippen LogP contribution in [0.4, 0.5) is 0 Å². The summed E-state index contributed by atoms with van der Waals surface area (Å²) >= 11 is 1.47. The second-order valence-electron chi connectivity index (χ2n) is 3.74. The molecule has 84 valence electrons. The van der Waals surface area contributed by atoms with Crippen LogP contribution >= 0.6 is 11.3 Å². The third-order valence-electron chi connectivity index (χ3n) is 2.63. The van der Waals surface area contributed by atoms with Crippen LogP contribution in [0.2, 0.25) is 0 Å². The number of carbonyl (C=O) groups is 1. The molecule has 0 amide bonds. The smallest absolute Gasteiger partial charge is 0.332 e. The van der Waals surface area contributed by atoms with E-state index >= 15 is 0 Å². The summed E-state index contributed by atoms with van der Waals surface area (Å²) < 4.78 is 1.86. The summed E-state index contributed by atoms with van der Waals surface area (Å²) in [6.45, 7) is 3.85. The molecule has 0 saturated carbocycles. The quantitative estimate of drug-likeness (QED) is 0.888. The molecule has 0 bridgehead atoms. The molecule has 2 heterocycles. The van der Waals surface area contributed by atoms with Gasteiger partial charge in [-0.1, -0.05) is 6.07 Å². The first kappa shape index (κ1) is 11.0. The summed E-state index contributed by atoms with van der Waals surface area (Å²) in [5.74, 6) is -0.815. The summed E-state index contributed by atoms with van der Waals surface area (Å²) in [7, 11) is 0. The zero-order valence-corrected chi connectivity index (χ0v) is 9.99. The summed E-state index contributed by atoms with van der Waals surface area (Å²) in [5.41, 5.74) is 1.94. The number of hydrogen-bond acceptors (Lipinski definition) is 2. The first-order chi connectivity index (χ1) is 7.61. The SMILES string of the molecule is Cc1ccc(C)n1C(C(=O)O)c1cccs1. The number of aryl methyl sites for hydroxylation is 2. The maximum Gasteiger partial charge on any atom is 0.332 e. The number of carboxylic acid groups (broad SMARTS) is 1. The standard InChI is InChI=1S/C12H13NO2S/c1-8-5-6-9(2)13(8)11(12(14)15)10-4-3-7-16-10/h3-7,11H,1-2H3,(H,14,15). The molecular weight excluding hydrogens is 222 g/mol. The van der Waals surface area contributed by atoms with Crippen molar-refractivity contribution in [3.63, 3.8) is 0 Å². The molecule has 0 aromatic carbocycles. The van der Waals surface area contributed by atoms with Crippen molar-refractivity contribution >= 4 is 17.3 Å². The molecule has 3 nitrogen and oxygen atoms in total. The number of aliphatic carboxylic acids is 1. The number of nitrogens with zero attached hydrogens (tertiary/aromatic N) is 1. The highest BCUT2D eigenvalue weighted by molar-refractivity contribution is 7.10. The van der Waals surface area contributed by atoms with Crippen LogP contribution in [0.5, 0.6) is 0 Å². The fourth-order valence-corrected chi connectivity index (χ4v) is 2.70. The van der Waals surface area contributed by atoms with Crippen LogP contribution in [-0.2, 0) is 4.79 Å². The van der Waals surface area contributed by atoms with Crippen molar-refractivity contribution in [3.8, 4) is 0 Å². The average Bonchev–Trinajstić information content (AvgIpc) is 2.82. The Morgan fingerprint density at radius 3 is 2.38 bits per heavy atom. The number of aromatic nitrogens is 1. The summed E-state index contributed by atoms with van der Waals surface area (Å²) in [6.07, 6.45) is 0. The Hall–Kier alpha value is -1.55. The lowest BCUT2D eigenvalue weighted by molar-refractivity contribution is -0.139. The summed E-state index contributed by atoms with van der Waals surface area (Å²) in [6, 6.07) is 7.03. The van der Waals surface area contributed by atoms with Crippen molar-refractivity contribution in [1.29, 1.82) is 0 Å². The molecule has 1 atom stereocenters. The molecule has 0 saturated heterocycles. The molecule has 0 aliphatic heterocycles. The second kappa shape index (κ2) is 4.14. The van der Waals surface area contributed by atoms with Gasteiger partial charge in [0.2, 0.25) is 0 Å². The monoisotopic (exact) mass is 235 g/mol. The molecule has 0 spiro atoms. The normalized spacial score (nSPS) is 12.6. The number of rotatable bonds is 3.